The molecule has 0 saturated heterocycles. The van der Waals surface area contributed by atoms with E-state index in [0.717, 1.165) is 19.3 Å². The fraction of sp³-hybridized carbons (Fsp3) is 0.500. The molecule has 0 saturated carbocycles. The fourth-order valence-corrected chi connectivity index (χ4v) is 2.38. The number of terminal acetylenes is 1. The normalized spacial score (nSPS) is 29.1. The zero-order chi connectivity index (χ0) is 11.5. The highest BCUT2D eigenvalue weighted by molar-refractivity contribution is 6.03. The van der Waals surface area contributed by atoms with Gasteiger partial charge in [0.15, 0.2) is 0 Å². The quantitative estimate of drug-likeness (QED) is 0.557. The second-order valence-electron chi connectivity index (χ2n) is 4.14. The predicted molar refractivity (Wildman–Crippen MR) is 62.8 cm³/mol. The number of amides is 2. The molecule has 1 aliphatic heterocycles. The summed E-state index contributed by atoms with van der Waals surface area (Å²) in [6.45, 7) is 0.286. The van der Waals surface area contributed by atoms with Crippen LogP contribution in [0.1, 0.15) is 19.3 Å². The number of aliphatic imine (C=N–C) groups is 1. The molecule has 0 fully saturated rings. The maximum absolute atomic E-state index is 11.6. The van der Waals surface area contributed by atoms with Crippen LogP contribution in [0.4, 0.5) is 4.79 Å². The van der Waals surface area contributed by atoms with Crippen molar-refractivity contribution in [1.29, 1.82) is 0 Å². The van der Waals surface area contributed by atoms with Crippen LogP contribution in [-0.2, 0) is 0 Å². The van der Waals surface area contributed by atoms with E-state index in [4.69, 9.17) is 12.2 Å². The van der Waals surface area contributed by atoms with Crippen molar-refractivity contribution in [3.63, 3.8) is 0 Å². The number of nitrogens with zero attached hydrogens (tertiary/aromatic N) is 2. The van der Waals surface area contributed by atoms with E-state index in [9.17, 15) is 4.79 Å². The molecule has 0 aromatic heterocycles. The van der Waals surface area contributed by atoms with Crippen LogP contribution in [-0.4, -0.2) is 29.4 Å². The summed E-state index contributed by atoms with van der Waals surface area (Å²) < 4.78 is 0. The maximum Gasteiger partial charge on any atom is 0.346 e. The number of carbonyl (C=O) groups excluding carboxylic acids is 1. The number of urea groups is 1. The first kappa shape index (κ1) is 10.7. The highest BCUT2D eigenvalue weighted by Gasteiger charge is 2.38. The van der Waals surface area contributed by atoms with Gasteiger partial charge in [0.25, 0.3) is 0 Å². The number of amidine groups is 1. The third-order valence-corrected chi connectivity index (χ3v) is 3.13. The molecular weight excluding hydrogens is 202 g/mol. The minimum atomic E-state index is -0.296. The highest BCUT2D eigenvalue weighted by Crippen LogP contribution is 2.28. The lowest BCUT2D eigenvalue weighted by molar-refractivity contribution is 0.195. The van der Waals surface area contributed by atoms with E-state index in [1.807, 2.05) is 0 Å². The molecule has 2 rings (SSSR count). The summed E-state index contributed by atoms with van der Waals surface area (Å²) in [6.07, 6.45) is 12.6. The third kappa shape index (κ3) is 1.81. The van der Waals surface area contributed by atoms with Gasteiger partial charge < -0.3 is 10.6 Å². The molecule has 4 heteroatoms. The van der Waals surface area contributed by atoms with Crippen LogP contribution in [0.15, 0.2) is 17.1 Å². The number of allylic oxidation sites excluding steroid dienone is 2. The molecule has 2 atom stereocenters. The molecule has 1 heterocycles. The molecule has 0 aromatic carbocycles. The van der Waals surface area contributed by atoms with Gasteiger partial charge in [-0.25, -0.2) is 4.79 Å². The molecule has 0 radical (unpaired) electrons. The van der Waals surface area contributed by atoms with Gasteiger partial charge in [-0.2, -0.15) is 4.99 Å². The topological polar surface area (TPSA) is 58.7 Å². The van der Waals surface area contributed by atoms with Gasteiger partial charge in [0.1, 0.15) is 5.84 Å². The van der Waals surface area contributed by atoms with Gasteiger partial charge in [-0.3, -0.25) is 0 Å². The van der Waals surface area contributed by atoms with Crippen LogP contribution in [0.5, 0.6) is 0 Å². The van der Waals surface area contributed by atoms with Gasteiger partial charge in [-0.1, -0.05) is 18.1 Å². The SMILES string of the molecule is C#CCN1C(=O)N=C(N)C1C1CC=CCC1. The Bertz CT molecular complexity index is 392. The molecule has 4 nitrogen and oxygen atoms in total. The number of hydrogen-bond acceptors (Lipinski definition) is 2. The first-order chi connectivity index (χ1) is 7.74. The van der Waals surface area contributed by atoms with Crippen LogP contribution in [0.2, 0.25) is 0 Å². The zero-order valence-corrected chi connectivity index (χ0v) is 9.10. The molecule has 1 aliphatic carbocycles. The average molecular weight is 217 g/mol. The zero-order valence-electron chi connectivity index (χ0n) is 9.10. The predicted octanol–water partition coefficient (Wildman–Crippen LogP) is 1.14. The van der Waals surface area contributed by atoms with Crippen molar-refractivity contribution in [1.82, 2.24) is 4.90 Å². The number of nitrogens with two attached hydrogens (primary N) is 1. The van der Waals surface area contributed by atoms with Gasteiger partial charge in [0.05, 0.1) is 12.6 Å². The number of hydrogen-bond donors (Lipinski definition) is 1. The van der Waals surface area contributed by atoms with Crippen molar-refractivity contribution >= 4 is 11.9 Å². The minimum Gasteiger partial charge on any atom is -0.385 e. The molecule has 2 amide bonds. The summed E-state index contributed by atoms with van der Waals surface area (Å²) in [5, 5.41) is 0. The van der Waals surface area contributed by atoms with Gasteiger partial charge in [-0.15, -0.1) is 6.42 Å². The molecule has 2 unspecified atom stereocenters. The molecule has 0 spiro atoms. The Kier molecular flexibility index (Phi) is 2.95. The van der Waals surface area contributed by atoms with E-state index >= 15 is 0 Å². The standard InChI is InChI=1S/C12H15N3O/c1-2-8-15-10(11(13)14-12(15)16)9-6-4-3-5-7-9/h1,3-4,9-10H,5-8H2,(H2,13,14,16). The Morgan fingerprint density at radius 3 is 3.06 bits per heavy atom. The molecule has 0 aromatic rings. The molecule has 0 bridgehead atoms. The van der Waals surface area contributed by atoms with E-state index in [-0.39, 0.29) is 18.6 Å². The third-order valence-electron chi connectivity index (χ3n) is 3.13. The lowest BCUT2D eigenvalue weighted by Crippen LogP contribution is -2.46. The Balaban J connectivity index is 2.17. The Hall–Kier alpha value is -1.76. The van der Waals surface area contributed by atoms with E-state index in [0.29, 0.717) is 11.8 Å². The maximum atomic E-state index is 11.6. The summed E-state index contributed by atoms with van der Waals surface area (Å²) >= 11 is 0. The van der Waals surface area contributed by atoms with Gasteiger partial charge >= 0.3 is 6.03 Å². The van der Waals surface area contributed by atoms with Crippen molar-refractivity contribution in [2.45, 2.75) is 25.3 Å². The lowest BCUT2D eigenvalue weighted by atomic mass is 9.86. The molecule has 2 aliphatic rings. The van der Waals surface area contributed by atoms with E-state index in [2.05, 4.69) is 23.1 Å². The highest BCUT2D eigenvalue weighted by atomic mass is 16.2. The molecule has 84 valence electrons. The van der Waals surface area contributed by atoms with Crippen molar-refractivity contribution in [2.24, 2.45) is 16.6 Å². The van der Waals surface area contributed by atoms with Gasteiger partial charge in [-0.05, 0) is 25.2 Å². The van der Waals surface area contributed by atoms with Gasteiger partial charge in [0, 0.05) is 0 Å². The van der Waals surface area contributed by atoms with Crippen LogP contribution in [0.3, 0.4) is 0 Å². The minimum absolute atomic E-state index is 0.103. The van der Waals surface area contributed by atoms with Crippen molar-refractivity contribution in [3.8, 4) is 12.3 Å². The number of carbonyl (C=O) groups is 1. The van der Waals surface area contributed by atoms with E-state index in [1.54, 1.807) is 4.90 Å². The second kappa shape index (κ2) is 4.40. The van der Waals surface area contributed by atoms with Crippen molar-refractivity contribution < 1.29 is 4.79 Å². The van der Waals surface area contributed by atoms with Crippen LogP contribution < -0.4 is 5.73 Å². The molecular formula is C12H15N3O. The summed E-state index contributed by atoms with van der Waals surface area (Å²) in [4.78, 5) is 17.0. The van der Waals surface area contributed by atoms with Gasteiger partial charge in [0.2, 0.25) is 0 Å². The fourth-order valence-electron chi connectivity index (χ4n) is 2.38. The Morgan fingerprint density at radius 2 is 2.44 bits per heavy atom. The number of rotatable bonds is 2. The van der Waals surface area contributed by atoms with Crippen LogP contribution >= 0.6 is 0 Å². The summed E-state index contributed by atoms with van der Waals surface area (Å²) in [6, 6.07) is -0.400. The first-order valence-corrected chi connectivity index (χ1v) is 5.47. The van der Waals surface area contributed by atoms with Crippen molar-refractivity contribution in [3.05, 3.63) is 12.2 Å². The van der Waals surface area contributed by atoms with Crippen LogP contribution in [0, 0.1) is 18.3 Å². The summed E-state index contributed by atoms with van der Waals surface area (Å²) in [5.41, 5.74) is 5.82. The average Bonchev–Trinajstić information content (AvgIpc) is 2.56. The smallest absolute Gasteiger partial charge is 0.346 e. The Morgan fingerprint density at radius 1 is 1.62 bits per heavy atom. The van der Waals surface area contributed by atoms with Crippen molar-refractivity contribution in [2.75, 3.05) is 6.54 Å². The van der Waals surface area contributed by atoms with Crippen LogP contribution in [0.25, 0.3) is 0 Å². The Labute approximate surface area is 95.2 Å². The molecule has 2 N–H and O–H groups in total. The summed E-state index contributed by atoms with van der Waals surface area (Å²) in [5.74, 6) is 3.26. The molecule has 16 heavy (non-hydrogen) atoms. The lowest BCUT2D eigenvalue weighted by Gasteiger charge is -2.30. The van der Waals surface area contributed by atoms with E-state index < -0.39 is 0 Å². The summed E-state index contributed by atoms with van der Waals surface area (Å²) in [7, 11) is 0. The second-order valence-corrected chi connectivity index (χ2v) is 4.14. The van der Waals surface area contributed by atoms with E-state index in [1.165, 1.54) is 0 Å². The largest absolute Gasteiger partial charge is 0.385 e. The monoisotopic (exact) mass is 217 g/mol. The first-order valence-electron chi connectivity index (χ1n) is 5.47.